The smallest absolute Gasteiger partial charge is 0.526 e. The number of aryl methyl sites for hydroxylation is 1. The molecule has 3 heterocycles. The Morgan fingerprint density at radius 3 is 2.80 bits per heavy atom. The molecular weight excluding hydrogens is 473 g/mol. The Morgan fingerprint density at radius 2 is 2.11 bits per heavy atom. The minimum atomic E-state index is -1.21. The van der Waals surface area contributed by atoms with Crippen molar-refractivity contribution in [1.82, 2.24) is 20.1 Å². The number of amides is 4. The molecule has 0 saturated carbocycles. The summed E-state index contributed by atoms with van der Waals surface area (Å²) in [7, 11) is -1.20. The lowest BCUT2D eigenvalue weighted by molar-refractivity contribution is -0.153. The van der Waals surface area contributed by atoms with E-state index in [1.54, 1.807) is 12.3 Å². The molecule has 35 heavy (non-hydrogen) atoms. The van der Waals surface area contributed by atoms with Crippen LogP contribution in [0.25, 0.3) is 0 Å². The minimum Gasteiger partial charge on any atom is -0.536 e. The van der Waals surface area contributed by atoms with Crippen LogP contribution < -0.4 is 15.7 Å². The van der Waals surface area contributed by atoms with E-state index in [2.05, 4.69) is 10.3 Å². The fraction of sp³-hybridized carbons (Fsp3) is 0.409. The van der Waals surface area contributed by atoms with Gasteiger partial charge in [-0.25, -0.2) is 9.78 Å². The summed E-state index contributed by atoms with van der Waals surface area (Å²) in [6, 6.07) is 3.55. The van der Waals surface area contributed by atoms with Crippen LogP contribution in [-0.4, -0.2) is 70.2 Å². The number of para-hydroxylation sites is 1. The summed E-state index contributed by atoms with van der Waals surface area (Å²) >= 11 is 1.10. The third-order valence-corrected chi connectivity index (χ3v) is 6.93. The molecule has 184 valence electrons. The van der Waals surface area contributed by atoms with Gasteiger partial charge in [0, 0.05) is 37.3 Å². The van der Waals surface area contributed by atoms with Crippen molar-refractivity contribution in [3.05, 3.63) is 40.4 Å². The highest BCUT2D eigenvalue weighted by atomic mass is 32.1. The monoisotopic (exact) mass is 499 g/mol. The lowest BCUT2D eigenvalue weighted by atomic mass is 9.64. The fourth-order valence-corrected chi connectivity index (χ4v) is 4.90. The number of fused-ring (bicyclic) bond motifs is 1. The van der Waals surface area contributed by atoms with Gasteiger partial charge in [-0.2, -0.15) is 0 Å². The molecule has 4 N–H and O–H groups in total. The standard InChI is InChI=1S/C22H26BN5O6S/c1-3-27-7-8-28(20(31)19(27)30)22(32)26-17(15-11-35-21(24)25-15)16(29)10-14-9-13-6-4-5-12(2)18(13)34-23(14)33/h4-6,11,14,17,33H,3,7-10H2,1-2H3,(H2,24,25)(H,26,32)/t14-,17+/m1/s1. The molecule has 4 rings (SSSR count). The van der Waals surface area contributed by atoms with E-state index in [9.17, 15) is 24.2 Å². The Balaban J connectivity index is 1.51. The first-order chi connectivity index (χ1) is 16.7. The van der Waals surface area contributed by atoms with E-state index in [1.165, 1.54) is 4.90 Å². The number of nitrogens with zero attached hydrogens (tertiary/aromatic N) is 3. The van der Waals surface area contributed by atoms with Crippen LogP contribution >= 0.6 is 11.3 Å². The Labute approximate surface area is 206 Å². The van der Waals surface area contributed by atoms with Gasteiger partial charge in [0.05, 0.1) is 5.69 Å². The number of nitrogen functional groups attached to an aromatic ring is 1. The molecule has 1 aromatic carbocycles. The van der Waals surface area contributed by atoms with Gasteiger partial charge in [0.25, 0.3) is 0 Å². The number of carbonyl (C=O) groups excluding carboxylic acids is 4. The van der Waals surface area contributed by atoms with Crippen LogP contribution in [0, 0.1) is 6.92 Å². The summed E-state index contributed by atoms with van der Waals surface area (Å²) in [6.45, 7) is 4.19. The zero-order valence-electron chi connectivity index (χ0n) is 19.4. The summed E-state index contributed by atoms with van der Waals surface area (Å²) in [5.41, 5.74) is 7.73. The maximum absolute atomic E-state index is 13.4. The van der Waals surface area contributed by atoms with Crippen molar-refractivity contribution >= 4 is 47.2 Å². The quantitative estimate of drug-likeness (QED) is 0.392. The number of piperazine rings is 1. The maximum Gasteiger partial charge on any atom is 0.526 e. The molecule has 2 aliphatic heterocycles. The van der Waals surface area contributed by atoms with Crippen molar-refractivity contribution in [2.45, 2.75) is 38.5 Å². The molecule has 2 aromatic rings. The first-order valence-electron chi connectivity index (χ1n) is 11.3. The van der Waals surface area contributed by atoms with Crippen LogP contribution in [0.1, 0.15) is 36.2 Å². The number of benzene rings is 1. The van der Waals surface area contributed by atoms with Crippen LogP contribution in [0.4, 0.5) is 9.93 Å². The highest BCUT2D eigenvalue weighted by Crippen LogP contribution is 2.37. The number of hydrogen-bond acceptors (Lipinski definition) is 9. The summed E-state index contributed by atoms with van der Waals surface area (Å²) in [5, 5.41) is 14.9. The van der Waals surface area contributed by atoms with Gasteiger partial charge in [-0.05, 0) is 31.4 Å². The topological polar surface area (TPSA) is 155 Å². The molecule has 11 nitrogen and oxygen atoms in total. The average Bonchev–Trinajstić information content (AvgIpc) is 3.26. The Kier molecular flexibility index (Phi) is 7.08. The number of aromatic nitrogens is 1. The van der Waals surface area contributed by atoms with Crippen molar-refractivity contribution in [3.63, 3.8) is 0 Å². The number of urea groups is 1. The molecule has 0 spiro atoms. The van der Waals surface area contributed by atoms with Crippen molar-refractivity contribution in [3.8, 4) is 5.75 Å². The number of carbonyl (C=O) groups is 4. The molecular formula is C22H26BN5O6S. The lowest BCUT2D eigenvalue weighted by Crippen LogP contribution is -2.58. The van der Waals surface area contributed by atoms with Crippen LogP contribution in [0.3, 0.4) is 0 Å². The summed E-state index contributed by atoms with van der Waals surface area (Å²) in [6.07, 6.45) is 0.295. The maximum atomic E-state index is 13.4. The van der Waals surface area contributed by atoms with Crippen LogP contribution in [0.5, 0.6) is 5.75 Å². The van der Waals surface area contributed by atoms with Crippen LogP contribution in [0.2, 0.25) is 5.82 Å². The Morgan fingerprint density at radius 1 is 1.34 bits per heavy atom. The zero-order valence-corrected chi connectivity index (χ0v) is 20.2. The summed E-state index contributed by atoms with van der Waals surface area (Å²) < 4.78 is 5.68. The summed E-state index contributed by atoms with van der Waals surface area (Å²) in [5.74, 6) is -2.11. The first-order valence-corrected chi connectivity index (χ1v) is 12.2. The molecule has 1 saturated heterocycles. The average molecular weight is 499 g/mol. The van der Waals surface area contributed by atoms with E-state index in [0.717, 1.165) is 27.4 Å². The van der Waals surface area contributed by atoms with Gasteiger partial charge in [0.2, 0.25) is 0 Å². The van der Waals surface area contributed by atoms with E-state index in [0.29, 0.717) is 18.7 Å². The molecule has 2 atom stereocenters. The fourth-order valence-electron chi connectivity index (χ4n) is 4.32. The molecule has 0 aliphatic carbocycles. The Hall–Kier alpha value is -3.45. The number of ketones is 1. The van der Waals surface area contributed by atoms with Gasteiger partial charge in [-0.3, -0.25) is 19.3 Å². The van der Waals surface area contributed by atoms with E-state index >= 15 is 0 Å². The molecule has 1 aromatic heterocycles. The molecule has 0 bridgehead atoms. The van der Waals surface area contributed by atoms with E-state index in [1.807, 2.05) is 25.1 Å². The third kappa shape index (κ3) is 5.00. The number of likely N-dealkylation sites (N-methyl/N-ethyl adjacent to an activating group) is 1. The third-order valence-electron chi connectivity index (χ3n) is 6.24. The van der Waals surface area contributed by atoms with Gasteiger partial charge in [0.1, 0.15) is 11.8 Å². The molecule has 13 heteroatoms. The Bertz CT molecular complexity index is 1170. The molecule has 4 amide bonds. The van der Waals surface area contributed by atoms with Gasteiger partial charge < -0.3 is 25.6 Å². The van der Waals surface area contributed by atoms with E-state index < -0.39 is 42.6 Å². The van der Waals surface area contributed by atoms with Crippen molar-refractivity contribution in [2.75, 3.05) is 25.4 Å². The lowest BCUT2D eigenvalue weighted by Gasteiger charge is -2.33. The number of nitrogens with two attached hydrogens (primary N) is 1. The highest BCUT2D eigenvalue weighted by Gasteiger charge is 2.40. The van der Waals surface area contributed by atoms with E-state index in [4.69, 9.17) is 10.4 Å². The second kappa shape index (κ2) is 10.0. The van der Waals surface area contributed by atoms with Crippen molar-refractivity contribution < 1.29 is 28.9 Å². The van der Waals surface area contributed by atoms with E-state index in [-0.39, 0.29) is 30.3 Å². The van der Waals surface area contributed by atoms with Gasteiger partial charge >= 0.3 is 25.0 Å². The van der Waals surface area contributed by atoms with Gasteiger partial charge in [-0.1, -0.05) is 18.2 Å². The van der Waals surface area contributed by atoms with Crippen molar-refractivity contribution in [1.29, 1.82) is 0 Å². The molecule has 0 radical (unpaired) electrons. The SMILES string of the molecule is CCN1CCN(C(=O)N[C@H](C(=O)C[C@H]2Cc3cccc(C)c3OB2O)c2csc(N)n2)C(=O)C1=O. The predicted molar refractivity (Wildman–Crippen MR) is 129 cm³/mol. The van der Waals surface area contributed by atoms with Gasteiger partial charge in [0.15, 0.2) is 10.9 Å². The highest BCUT2D eigenvalue weighted by molar-refractivity contribution is 7.13. The van der Waals surface area contributed by atoms with Crippen LogP contribution in [-0.2, 0) is 20.8 Å². The molecule has 2 aliphatic rings. The van der Waals surface area contributed by atoms with Crippen LogP contribution in [0.15, 0.2) is 23.6 Å². The number of anilines is 1. The minimum absolute atomic E-state index is 0.00960. The molecule has 0 unspecified atom stereocenters. The number of hydrogen-bond donors (Lipinski definition) is 3. The number of rotatable bonds is 6. The number of thiazole rings is 1. The normalized spacial score (nSPS) is 18.7. The van der Waals surface area contributed by atoms with Gasteiger partial charge in [-0.15, -0.1) is 11.3 Å². The number of imide groups is 1. The number of Topliss-reactive ketones (excluding diaryl/α,β-unsaturated/α-hetero) is 1. The van der Waals surface area contributed by atoms with Crippen molar-refractivity contribution in [2.24, 2.45) is 0 Å². The first kappa shape index (κ1) is 24.7. The zero-order chi connectivity index (χ0) is 25.3. The summed E-state index contributed by atoms with van der Waals surface area (Å²) in [4.78, 5) is 57.2. The number of nitrogens with one attached hydrogen (secondary N) is 1. The molecule has 1 fully saturated rings. The second-order valence-corrected chi connectivity index (χ2v) is 9.43. The largest absolute Gasteiger partial charge is 0.536 e. The second-order valence-electron chi connectivity index (χ2n) is 8.54. The predicted octanol–water partition coefficient (Wildman–Crippen LogP) is 0.920.